The summed E-state index contributed by atoms with van der Waals surface area (Å²) in [5.74, 6) is -0.639. The maximum Gasteiger partial charge on any atom is 0.313 e. The van der Waals surface area contributed by atoms with Gasteiger partial charge in [-0.1, -0.05) is 12.8 Å². The third-order valence-electron chi connectivity index (χ3n) is 3.86. The van der Waals surface area contributed by atoms with Gasteiger partial charge >= 0.3 is 5.69 Å². The lowest BCUT2D eigenvalue weighted by Crippen LogP contribution is -2.36. The van der Waals surface area contributed by atoms with Gasteiger partial charge in [0.15, 0.2) is 11.6 Å². The van der Waals surface area contributed by atoms with Crippen LogP contribution in [0, 0.1) is 15.9 Å². The molecule has 1 fully saturated rings. The molecule has 1 aromatic carbocycles. The number of halogens is 1. The van der Waals surface area contributed by atoms with Crippen LogP contribution in [0.3, 0.4) is 0 Å². The summed E-state index contributed by atoms with van der Waals surface area (Å²) in [4.78, 5) is 12.0. The second-order valence-electron chi connectivity index (χ2n) is 5.09. The Hall–Kier alpha value is -1.89. The molecular weight excluding hydrogens is 279 g/mol. The van der Waals surface area contributed by atoms with Crippen molar-refractivity contribution in [3.63, 3.8) is 0 Å². The van der Waals surface area contributed by atoms with Gasteiger partial charge in [-0.3, -0.25) is 10.1 Å². The van der Waals surface area contributed by atoms with Crippen LogP contribution in [-0.2, 0) is 0 Å². The summed E-state index contributed by atoms with van der Waals surface area (Å²) < 4.78 is 19.3. The highest BCUT2D eigenvalue weighted by Gasteiger charge is 2.27. The highest BCUT2D eigenvalue weighted by Crippen LogP contribution is 2.36. The van der Waals surface area contributed by atoms with E-state index in [1.165, 1.54) is 13.2 Å². The molecule has 1 aliphatic carbocycles. The van der Waals surface area contributed by atoms with Gasteiger partial charge in [0.2, 0.25) is 0 Å². The van der Waals surface area contributed by atoms with Crippen molar-refractivity contribution in [2.75, 3.05) is 25.2 Å². The van der Waals surface area contributed by atoms with Crippen LogP contribution in [-0.4, -0.2) is 36.3 Å². The van der Waals surface area contributed by atoms with Crippen LogP contribution in [0.15, 0.2) is 12.1 Å². The molecule has 1 saturated carbocycles. The molecule has 6 nitrogen and oxygen atoms in total. The molecular formula is C14H19FN2O4. The first-order chi connectivity index (χ1) is 10.1. The molecule has 116 valence electrons. The van der Waals surface area contributed by atoms with Crippen molar-refractivity contribution < 1.29 is 19.2 Å². The lowest BCUT2D eigenvalue weighted by Gasteiger charge is -2.31. The SMILES string of the molecule is COc1cc(N(CCO)C2CCCC2)c(F)cc1[N+](=O)[O-]. The normalized spacial score (nSPS) is 15.2. The number of aliphatic hydroxyl groups excluding tert-OH is 1. The first kappa shape index (κ1) is 15.5. The second kappa shape index (κ2) is 6.71. The quantitative estimate of drug-likeness (QED) is 0.645. The van der Waals surface area contributed by atoms with Gasteiger partial charge in [-0.2, -0.15) is 0 Å². The van der Waals surface area contributed by atoms with Gasteiger partial charge < -0.3 is 14.7 Å². The zero-order valence-electron chi connectivity index (χ0n) is 11.9. The van der Waals surface area contributed by atoms with Crippen molar-refractivity contribution in [2.24, 2.45) is 0 Å². The summed E-state index contributed by atoms with van der Waals surface area (Å²) in [7, 11) is 1.32. The van der Waals surface area contributed by atoms with Gasteiger partial charge in [0.05, 0.1) is 30.4 Å². The van der Waals surface area contributed by atoms with E-state index in [1.54, 1.807) is 4.90 Å². The van der Waals surface area contributed by atoms with E-state index < -0.39 is 16.4 Å². The molecule has 0 saturated heterocycles. The molecule has 21 heavy (non-hydrogen) atoms. The van der Waals surface area contributed by atoms with Gasteiger partial charge in [0.25, 0.3) is 0 Å². The van der Waals surface area contributed by atoms with Crippen molar-refractivity contribution in [3.05, 3.63) is 28.1 Å². The van der Waals surface area contributed by atoms with E-state index in [-0.39, 0.29) is 24.1 Å². The van der Waals surface area contributed by atoms with E-state index >= 15 is 0 Å². The number of rotatable bonds is 6. The molecule has 0 spiro atoms. The summed E-state index contributed by atoms with van der Waals surface area (Å²) in [6.45, 7) is 0.192. The molecule has 1 N–H and O–H groups in total. The Morgan fingerprint density at radius 3 is 2.67 bits per heavy atom. The Balaban J connectivity index is 2.41. The number of aliphatic hydroxyl groups is 1. The highest BCUT2D eigenvalue weighted by atomic mass is 19.1. The molecule has 0 bridgehead atoms. The van der Waals surface area contributed by atoms with E-state index in [2.05, 4.69) is 0 Å². The summed E-state index contributed by atoms with van der Waals surface area (Å²) in [6, 6.07) is 2.38. The second-order valence-corrected chi connectivity index (χ2v) is 5.09. The van der Waals surface area contributed by atoms with Gasteiger partial charge in [0, 0.05) is 18.7 Å². The predicted molar refractivity (Wildman–Crippen MR) is 76.3 cm³/mol. The van der Waals surface area contributed by atoms with E-state index in [1.807, 2.05) is 0 Å². The maximum atomic E-state index is 14.3. The summed E-state index contributed by atoms with van der Waals surface area (Å²) >= 11 is 0. The predicted octanol–water partition coefficient (Wildman–Crippen LogP) is 2.48. The fourth-order valence-electron chi connectivity index (χ4n) is 2.88. The number of benzene rings is 1. The minimum Gasteiger partial charge on any atom is -0.490 e. The molecule has 1 aromatic rings. The van der Waals surface area contributed by atoms with Crippen LogP contribution in [0.5, 0.6) is 5.75 Å². The number of hydrogen-bond donors (Lipinski definition) is 1. The first-order valence-corrected chi connectivity index (χ1v) is 6.98. The van der Waals surface area contributed by atoms with E-state index in [4.69, 9.17) is 4.74 Å². The zero-order chi connectivity index (χ0) is 15.4. The summed E-state index contributed by atoms with van der Waals surface area (Å²) in [5.41, 5.74) is -0.146. The summed E-state index contributed by atoms with van der Waals surface area (Å²) in [5, 5.41) is 20.1. The van der Waals surface area contributed by atoms with Crippen LogP contribution in [0.4, 0.5) is 15.8 Å². The Morgan fingerprint density at radius 2 is 2.14 bits per heavy atom. The minimum atomic E-state index is -0.669. The lowest BCUT2D eigenvalue weighted by atomic mass is 10.1. The molecule has 0 radical (unpaired) electrons. The van der Waals surface area contributed by atoms with Gasteiger partial charge in [0.1, 0.15) is 0 Å². The van der Waals surface area contributed by atoms with Crippen molar-refractivity contribution >= 4 is 11.4 Å². The van der Waals surface area contributed by atoms with Gasteiger partial charge in [-0.15, -0.1) is 0 Å². The maximum absolute atomic E-state index is 14.3. The average molecular weight is 298 g/mol. The largest absolute Gasteiger partial charge is 0.490 e. The Labute approximate surface area is 122 Å². The Morgan fingerprint density at radius 1 is 1.48 bits per heavy atom. The van der Waals surface area contributed by atoms with Gasteiger partial charge in [-0.05, 0) is 12.8 Å². The zero-order valence-corrected chi connectivity index (χ0v) is 11.9. The smallest absolute Gasteiger partial charge is 0.313 e. The molecule has 1 aliphatic rings. The van der Waals surface area contributed by atoms with Crippen molar-refractivity contribution in [1.82, 2.24) is 0 Å². The molecule has 0 heterocycles. The molecule has 0 aliphatic heterocycles. The Kier molecular flexibility index (Phi) is 4.95. The van der Waals surface area contributed by atoms with Crippen molar-refractivity contribution in [2.45, 2.75) is 31.7 Å². The van der Waals surface area contributed by atoms with Crippen LogP contribution < -0.4 is 9.64 Å². The Bertz CT molecular complexity index is 518. The number of nitro groups is 1. The van der Waals surface area contributed by atoms with Crippen LogP contribution in [0.2, 0.25) is 0 Å². The first-order valence-electron chi connectivity index (χ1n) is 6.98. The van der Waals surface area contributed by atoms with Crippen molar-refractivity contribution in [3.8, 4) is 5.75 Å². The van der Waals surface area contributed by atoms with Gasteiger partial charge in [-0.25, -0.2) is 4.39 Å². The fraction of sp³-hybridized carbons (Fsp3) is 0.571. The monoisotopic (exact) mass is 298 g/mol. The number of nitro benzene ring substituents is 1. The third-order valence-corrected chi connectivity index (χ3v) is 3.86. The standard InChI is InChI=1S/C14H19FN2O4/c1-21-14-9-12(11(15)8-13(14)17(19)20)16(6-7-18)10-4-2-3-5-10/h8-10,18H,2-7H2,1H3. The highest BCUT2D eigenvalue weighted by molar-refractivity contribution is 5.61. The van der Waals surface area contributed by atoms with Crippen molar-refractivity contribution in [1.29, 1.82) is 0 Å². The number of ether oxygens (including phenoxy) is 1. The fourth-order valence-corrected chi connectivity index (χ4v) is 2.88. The van der Waals surface area contributed by atoms with Crippen LogP contribution >= 0.6 is 0 Å². The molecule has 0 unspecified atom stereocenters. The molecule has 0 amide bonds. The molecule has 7 heteroatoms. The van der Waals surface area contributed by atoms with E-state index in [0.29, 0.717) is 6.54 Å². The number of anilines is 1. The number of methoxy groups -OCH3 is 1. The third kappa shape index (κ3) is 3.24. The lowest BCUT2D eigenvalue weighted by molar-refractivity contribution is -0.385. The topological polar surface area (TPSA) is 75.8 Å². The minimum absolute atomic E-state index is 0.0253. The van der Waals surface area contributed by atoms with E-state index in [9.17, 15) is 19.6 Å². The summed E-state index contributed by atoms with van der Waals surface area (Å²) in [6.07, 6.45) is 3.99. The van der Waals surface area contributed by atoms with Crippen LogP contribution in [0.1, 0.15) is 25.7 Å². The average Bonchev–Trinajstić information content (AvgIpc) is 2.98. The molecule has 0 atom stereocenters. The van der Waals surface area contributed by atoms with E-state index in [0.717, 1.165) is 31.7 Å². The number of nitrogens with zero attached hydrogens (tertiary/aromatic N) is 2. The number of hydrogen-bond acceptors (Lipinski definition) is 5. The van der Waals surface area contributed by atoms with Crippen LogP contribution in [0.25, 0.3) is 0 Å². The molecule has 0 aromatic heterocycles. The molecule has 2 rings (SSSR count).